The average molecular weight is 319 g/mol. The minimum atomic E-state index is -0.301. The molecule has 2 N–H and O–H groups in total. The van der Waals surface area contributed by atoms with E-state index in [1.165, 1.54) is 6.33 Å². The van der Waals surface area contributed by atoms with Gasteiger partial charge in [0.15, 0.2) is 0 Å². The number of hydrogen-bond acceptors (Lipinski definition) is 4. The fourth-order valence-electron chi connectivity index (χ4n) is 1.85. The van der Waals surface area contributed by atoms with E-state index in [-0.39, 0.29) is 11.4 Å². The van der Waals surface area contributed by atoms with E-state index >= 15 is 0 Å². The first-order chi connectivity index (χ1) is 10.2. The second kappa shape index (κ2) is 6.32. The number of aryl methyl sites for hydroxylation is 1. The summed E-state index contributed by atoms with van der Waals surface area (Å²) < 4.78 is 0. The lowest BCUT2D eigenvalue weighted by Crippen LogP contribution is -2.27. The Kier molecular flexibility index (Phi) is 4.66. The standard InChI is InChI=1S/C16H19ClN4O/c1-10-5-6-11(17)7-12(10)20-15(22)13-8-14(19-9-18-13)21-16(2,3)4/h5-9H,1-4H3,(H,20,22)(H,18,19,21). The van der Waals surface area contributed by atoms with E-state index < -0.39 is 0 Å². The number of anilines is 2. The lowest BCUT2D eigenvalue weighted by molar-refractivity contribution is 0.102. The fraction of sp³-hybridized carbons (Fsp3) is 0.312. The van der Waals surface area contributed by atoms with E-state index in [0.717, 1.165) is 5.56 Å². The van der Waals surface area contributed by atoms with Crippen molar-refractivity contribution in [2.45, 2.75) is 33.2 Å². The van der Waals surface area contributed by atoms with E-state index in [1.807, 2.05) is 33.8 Å². The summed E-state index contributed by atoms with van der Waals surface area (Å²) in [7, 11) is 0. The third-order valence-corrected chi connectivity index (χ3v) is 3.09. The lowest BCUT2D eigenvalue weighted by atomic mass is 10.1. The summed E-state index contributed by atoms with van der Waals surface area (Å²) in [4.78, 5) is 20.5. The van der Waals surface area contributed by atoms with Crippen LogP contribution in [0.4, 0.5) is 11.5 Å². The van der Waals surface area contributed by atoms with Crippen LogP contribution in [-0.4, -0.2) is 21.4 Å². The molecular weight excluding hydrogens is 300 g/mol. The first-order valence-electron chi connectivity index (χ1n) is 6.92. The Hall–Kier alpha value is -2.14. The molecule has 1 aromatic heterocycles. The number of rotatable bonds is 3. The largest absolute Gasteiger partial charge is 0.365 e. The molecule has 2 rings (SSSR count). The molecule has 1 aromatic carbocycles. The Morgan fingerprint density at radius 3 is 2.59 bits per heavy atom. The molecule has 0 saturated heterocycles. The molecular formula is C16H19ClN4O. The number of halogens is 1. The summed E-state index contributed by atoms with van der Waals surface area (Å²) in [5.41, 5.74) is 1.74. The molecule has 0 spiro atoms. The first kappa shape index (κ1) is 16.2. The van der Waals surface area contributed by atoms with Gasteiger partial charge < -0.3 is 10.6 Å². The van der Waals surface area contributed by atoms with Gasteiger partial charge in [-0.2, -0.15) is 0 Å². The van der Waals surface area contributed by atoms with Crippen LogP contribution in [0.25, 0.3) is 0 Å². The monoisotopic (exact) mass is 318 g/mol. The molecule has 1 heterocycles. The maximum atomic E-state index is 12.3. The molecule has 116 valence electrons. The van der Waals surface area contributed by atoms with Crippen LogP contribution in [-0.2, 0) is 0 Å². The number of nitrogens with one attached hydrogen (secondary N) is 2. The minimum absolute atomic E-state index is 0.147. The lowest BCUT2D eigenvalue weighted by Gasteiger charge is -2.21. The van der Waals surface area contributed by atoms with Crippen LogP contribution in [0.3, 0.4) is 0 Å². The van der Waals surface area contributed by atoms with Gasteiger partial charge in [-0.1, -0.05) is 17.7 Å². The van der Waals surface area contributed by atoms with E-state index in [0.29, 0.717) is 22.2 Å². The Labute approximate surface area is 135 Å². The van der Waals surface area contributed by atoms with Crippen molar-refractivity contribution in [1.29, 1.82) is 0 Å². The molecule has 0 aliphatic carbocycles. The van der Waals surface area contributed by atoms with Gasteiger partial charge in [-0.25, -0.2) is 9.97 Å². The Balaban J connectivity index is 2.19. The molecule has 0 unspecified atom stereocenters. The van der Waals surface area contributed by atoms with Crippen molar-refractivity contribution in [3.63, 3.8) is 0 Å². The Morgan fingerprint density at radius 1 is 1.18 bits per heavy atom. The van der Waals surface area contributed by atoms with Crippen molar-refractivity contribution in [2.75, 3.05) is 10.6 Å². The number of carbonyl (C=O) groups excluding carboxylic acids is 1. The molecule has 0 atom stereocenters. The van der Waals surface area contributed by atoms with Gasteiger partial charge in [0.25, 0.3) is 5.91 Å². The summed E-state index contributed by atoms with van der Waals surface area (Å²) in [6, 6.07) is 6.97. The molecule has 2 aromatic rings. The van der Waals surface area contributed by atoms with E-state index in [2.05, 4.69) is 20.6 Å². The van der Waals surface area contributed by atoms with Crippen molar-refractivity contribution in [3.05, 3.63) is 46.9 Å². The highest BCUT2D eigenvalue weighted by Crippen LogP contribution is 2.21. The molecule has 0 aliphatic heterocycles. The van der Waals surface area contributed by atoms with Crippen LogP contribution in [0.2, 0.25) is 5.02 Å². The normalized spacial score (nSPS) is 11.1. The zero-order valence-electron chi connectivity index (χ0n) is 13.1. The predicted octanol–water partition coefficient (Wildman–Crippen LogP) is 3.90. The number of carbonyl (C=O) groups is 1. The molecule has 0 saturated carbocycles. The Bertz CT molecular complexity index is 695. The third kappa shape index (κ3) is 4.43. The highest BCUT2D eigenvalue weighted by molar-refractivity contribution is 6.31. The van der Waals surface area contributed by atoms with E-state index in [4.69, 9.17) is 11.6 Å². The van der Waals surface area contributed by atoms with Gasteiger partial charge in [-0.15, -0.1) is 0 Å². The number of benzene rings is 1. The molecule has 6 heteroatoms. The number of hydrogen-bond donors (Lipinski definition) is 2. The number of nitrogens with zero attached hydrogens (tertiary/aromatic N) is 2. The van der Waals surface area contributed by atoms with Gasteiger partial charge in [0, 0.05) is 22.3 Å². The van der Waals surface area contributed by atoms with Crippen molar-refractivity contribution in [2.24, 2.45) is 0 Å². The highest BCUT2D eigenvalue weighted by Gasteiger charge is 2.14. The minimum Gasteiger partial charge on any atom is -0.365 e. The van der Waals surface area contributed by atoms with Crippen LogP contribution in [0, 0.1) is 6.92 Å². The van der Waals surface area contributed by atoms with E-state index in [1.54, 1.807) is 18.2 Å². The fourth-order valence-corrected chi connectivity index (χ4v) is 2.02. The van der Waals surface area contributed by atoms with Crippen LogP contribution >= 0.6 is 11.6 Å². The number of aromatic nitrogens is 2. The van der Waals surface area contributed by atoms with Crippen LogP contribution in [0.1, 0.15) is 36.8 Å². The summed E-state index contributed by atoms with van der Waals surface area (Å²) in [6.07, 6.45) is 1.37. The topological polar surface area (TPSA) is 66.9 Å². The molecule has 5 nitrogen and oxygen atoms in total. The molecule has 0 radical (unpaired) electrons. The SMILES string of the molecule is Cc1ccc(Cl)cc1NC(=O)c1cc(NC(C)(C)C)ncn1. The van der Waals surface area contributed by atoms with Crippen LogP contribution in [0.5, 0.6) is 0 Å². The zero-order valence-corrected chi connectivity index (χ0v) is 13.8. The van der Waals surface area contributed by atoms with E-state index in [9.17, 15) is 4.79 Å². The molecule has 22 heavy (non-hydrogen) atoms. The van der Waals surface area contributed by atoms with Gasteiger partial charge >= 0.3 is 0 Å². The zero-order chi connectivity index (χ0) is 16.3. The summed E-state index contributed by atoms with van der Waals surface area (Å²) >= 11 is 5.96. The summed E-state index contributed by atoms with van der Waals surface area (Å²) in [6.45, 7) is 7.96. The van der Waals surface area contributed by atoms with Gasteiger partial charge in [0.05, 0.1) is 0 Å². The molecule has 1 amide bonds. The molecule has 0 bridgehead atoms. The second-order valence-electron chi connectivity index (χ2n) is 6.08. The second-order valence-corrected chi connectivity index (χ2v) is 6.51. The van der Waals surface area contributed by atoms with Crippen LogP contribution in [0.15, 0.2) is 30.6 Å². The van der Waals surface area contributed by atoms with Crippen molar-refractivity contribution in [1.82, 2.24) is 9.97 Å². The van der Waals surface area contributed by atoms with Crippen molar-refractivity contribution in [3.8, 4) is 0 Å². The predicted molar refractivity (Wildman–Crippen MR) is 89.5 cm³/mol. The molecule has 0 aliphatic rings. The van der Waals surface area contributed by atoms with Gasteiger partial charge in [0.1, 0.15) is 17.8 Å². The first-order valence-corrected chi connectivity index (χ1v) is 7.30. The van der Waals surface area contributed by atoms with Crippen molar-refractivity contribution >= 4 is 29.0 Å². The molecule has 0 fully saturated rings. The third-order valence-electron chi connectivity index (χ3n) is 2.85. The van der Waals surface area contributed by atoms with Gasteiger partial charge in [-0.3, -0.25) is 4.79 Å². The average Bonchev–Trinajstić information content (AvgIpc) is 2.41. The summed E-state index contributed by atoms with van der Waals surface area (Å²) in [5.74, 6) is 0.306. The summed E-state index contributed by atoms with van der Waals surface area (Å²) in [5, 5.41) is 6.59. The maximum absolute atomic E-state index is 12.3. The smallest absolute Gasteiger partial charge is 0.274 e. The van der Waals surface area contributed by atoms with Crippen molar-refractivity contribution < 1.29 is 4.79 Å². The van der Waals surface area contributed by atoms with Gasteiger partial charge in [0.2, 0.25) is 0 Å². The maximum Gasteiger partial charge on any atom is 0.274 e. The highest BCUT2D eigenvalue weighted by atomic mass is 35.5. The van der Waals surface area contributed by atoms with Gasteiger partial charge in [-0.05, 0) is 45.4 Å². The Morgan fingerprint density at radius 2 is 1.91 bits per heavy atom. The quantitative estimate of drug-likeness (QED) is 0.900. The number of amides is 1. The van der Waals surface area contributed by atoms with Crippen LogP contribution < -0.4 is 10.6 Å².